The molecule has 1 aromatic carbocycles. The van der Waals surface area contributed by atoms with Crippen LogP contribution < -0.4 is 10.9 Å². The van der Waals surface area contributed by atoms with Crippen LogP contribution in [0.25, 0.3) is 22.5 Å². The topological polar surface area (TPSA) is 72.7 Å². The number of rotatable bonds is 4. The third kappa shape index (κ3) is 4.14. The normalized spacial score (nSPS) is 20.1. The molecule has 35 heavy (non-hydrogen) atoms. The number of nitrogens with zero attached hydrogens (tertiary/aromatic N) is 4. The first kappa shape index (κ1) is 21.7. The molecular formula is C29H29N5O. The number of aromatic nitrogens is 4. The van der Waals surface area contributed by atoms with Gasteiger partial charge in [-0.2, -0.15) is 0 Å². The number of hydrogen-bond donors (Lipinski definition) is 1. The lowest BCUT2D eigenvalue weighted by atomic mass is 9.78. The van der Waals surface area contributed by atoms with Crippen molar-refractivity contribution in [1.82, 2.24) is 19.5 Å². The molecule has 6 heteroatoms. The maximum Gasteiger partial charge on any atom is 0.255 e. The summed E-state index contributed by atoms with van der Waals surface area (Å²) < 4.78 is 1.78. The fourth-order valence-corrected chi connectivity index (χ4v) is 5.51. The summed E-state index contributed by atoms with van der Waals surface area (Å²) in [5, 5.41) is 3.64. The van der Waals surface area contributed by atoms with Gasteiger partial charge in [0.2, 0.25) is 5.95 Å². The van der Waals surface area contributed by atoms with Crippen molar-refractivity contribution in [3.05, 3.63) is 94.7 Å². The second kappa shape index (κ2) is 8.45. The summed E-state index contributed by atoms with van der Waals surface area (Å²) in [4.78, 5) is 26.9. The molecule has 0 radical (unpaired) electrons. The number of benzene rings is 1. The predicted octanol–water partition coefficient (Wildman–Crippen LogP) is 4.99. The molecule has 6 nitrogen and oxygen atoms in total. The standard InChI is InChI=1S/C29H29N5O/c1-29(2)18-34-27(35)17-25(21-10-12-30-13-11-21)32-28(34)33-26(29)16-19-14-22-8-9-23(31-24(22)15-19)20-6-4-3-5-7-20/h3-13,17,19,26H,14-16,18H2,1-2H3,(H,32,33). The Hall–Kier alpha value is -3.80. The average molecular weight is 464 g/mol. The van der Waals surface area contributed by atoms with Crippen LogP contribution in [0, 0.1) is 11.3 Å². The minimum absolute atomic E-state index is 0.0215. The van der Waals surface area contributed by atoms with Crippen LogP contribution in [-0.2, 0) is 19.4 Å². The Morgan fingerprint density at radius 2 is 1.71 bits per heavy atom. The smallest absolute Gasteiger partial charge is 0.255 e. The van der Waals surface area contributed by atoms with E-state index in [0.29, 0.717) is 24.1 Å². The highest BCUT2D eigenvalue weighted by Crippen LogP contribution is 2.38. The number of hydrogen-bond acceptors (Lipinski definition) is 5. The molecule has 2 aliphatic rings. The van der Waals surface area contributed by atoms with E-state index in [1.807, 2.05) is 18.2 Å². The number of anilines is 1. The molecule has 1 N–H and O–H groups in total. The van der Waals surface area contributed by atoms with Crippen LogP contribution in [0.5, 0.6) is 0 Å². The molecule has 0 amide bonds. The van der Waals surface area contributed by atoms with Gasteiger partial charge >= 0.3 is 0 Å². The van der Waals surface area contributed by atoms with Crippen LogP contribution in [0.15, 0.2) is 77.9 Å². The average Bonchev–Trinajstić information content (AvgIpc) is 3.27. The third-order valence-electron chi connectivity index (χ3n) is 7.49. The van der Waals surface area contributed by atoms with Crippen molar-refractivity contribution in [2.24, 2.45) is 11.3 Å². The second-order valence-corrected chi connectivity index (χ2v) is 10.5. The van der Waals surface area contributed by atoms with Gasteiger partial charge in [-0.25, -0.2) is 4.98 Å². The Bertz CT molecular complexity index is 1430. The van der Waals surface area contributed by atoms with Crippen molar-refractivity contribution in [2.75, 3.05) is 5.32 Å². The lowest BCUT2D eigenvalue weighted by molar-refractivity contribution is 0.206. The van der Waals surface area contributed by atoms with Crippen molar-refractivity contribution in [3.63, 3.8) is 0 Å². The van der Waals surface area contributed by atoms with Gasteiger partial charge in [0.1, 0.15) is 0 Å². The molecule has 0 bridgehead atoms. The first-order chi connectivity index (χ1) is 17.0. The van der Waals surface area contributed by atoms with E-state index in [1.165, 1.54) is 11.3 Å². The molecule has 1 aliphatic heterocycles. The summed E-state index contributed by atoms with van der Waals surface area (Å²) >= 11 is 0. The molecule has 0 fully saturated rings. The zero-order valence-corrected chi connectivity index (χ0v) is 20.1. The van der Waals surface area contributed by atoms with Crippen LogP contribution in [0.3, 0.4) is 0 Å². The third-order valence-corrected chi connectivity index (χ3v) is 7.49. The van der Waals surface area contributed by atoms with Gasteiger partial charge in [-0.05, 0) is 48.9 Å². The Labute approximate surface area is 205 Å². The van der Waals surface area contributed by atoms with Crippen molar-refractivity contribution in [1.29, 1.82) is 0 Å². The maximum absolute atomic E-state index is 13.0. The minimum Gasteiger partial charge on any atom is -0.352 e. The van der Waals surface area contributed by atoms with E-state index in [4.69, 9.17) is 9.97 Å². The molecule has 4 aromatic rings. The van der Waals surface area contributed by atoms with E-state index in [9.17, 15) is 4.79 Å². The summed E-state index contributed by atoms with van der Waals surface area (Å²) in [6.07, 6.45) is 6.49. The van der Waals surface area contributed by atoms with Gasteiger partial charge in [-0.15, -0.1) is 0 Å². The van der Waals surface area contributed by atoms with Gasteiger partial charge < -0.3 is 5.32 Å². The largest absolute Gasteiger partial charge is 0.352 e. The SMILES string of the molecule is CC1(C)Cn2c(nc(-c3ccncc3)cc2=O)NC1CC1Cc2ccc(-c3ccccc3)nc2C1. The Kier molecular flexibility index (Phi) is 5.24. The van der Waals surface area contributed by atoms with Crippen molar-refractivity contribution < 1.29 is 0 Å². The quantitative estimate of drug-likeness (QED) is 0.461. The van der Waals surface area contributed by atoms with Crippen LogP contribution >= 0.6 is 0 Å². The van der Waals surface area contributed by atoms with Crippen molar-refractivity contribution in [2.45, 2.75) is 45.7 Å². The maximum atomic E-state index is 13.0. The number of nitrogens with one attached hydrogen (secondary N) is 1. The van der Waals surface area contributed by atoms with E-state index in [-0.39, 0.29) is 17.0 Å². The van der Waals surface area contributed by atoms with E-state index in [2.05, 4.69) is 60.5 Å². The van der Waals surface area contributed by atoms with E-state index < -0.39 is 0 Å². The highest BCUT2D eigenvalue weighted by Gasteiger charge is 2.38. The zero-order valence-electron chi connectivity index (χ0n) is 20.1. The molecule has 2 unspecified atom stereocenters. The number of fused-ring (bicyclic) bond motifs is 2. The summed E-state index contributed by atoms with van der Waals surface area (Å²) in [5.41, 5.74) is 6.27. The molecule has 0 spiro atoms. The van der Waals surface area contributed by atoms with Gasteiger partial charge in [-0.3, -0.25) is 19.3 Å². The predicted molar refractivity (Wildman–Crippen MR) is 138 cm³/mol. The molecule has 1 aliphatic carbocycles. The highest BCUT2D eigenvalue weighted by molar-refractivity contribution is 5.60. The Balaban J connectivity index is 1.23. The van der Waals surface area contributed by atoms with Gasteiger partial charge in [0.05, 0.1) is 11.4 Å². The van der Waals surface area contributed by atoms with Gasteiger partial charge in [0, 0.05) is 53.3 Å². The van der Waals surface area contributed by atoms with E-state index >= 15 is 0 Å². The summed E-state index contributed by atoms with van der Waals surface area (Å²) in [7, 11) is 0. The summed E-state index contributed by atoms with van der Waals surface area (Å²) in [5.74, 6) is 1.18. The number of pyridine rings is 2. The van der Waals surface area contributed by atoms with Crippen LogP contribution in [-0.4, -0.2) is 25.6 Å². The molecule has 0 saturated carbocycles. The van der Waals surface area contributed by atoms with Crippen LogP contribution in [0.4, 0.5) is 5.95 Å². The van der Waals surface area contributed by atoms with Gasteiger partial charge in [0.25, 0.3) is 5.56 Å². The lowest BCUT2D eigenvalue weighted by Crippen LogP contribution is -2.48. The first-order valence-electron chi connectivity index (χ1n) is 12.3. The second-order valence-electron chi connectivity index (χ2n) is 10.5. The lowest BCUT2D eigenvalue weighted by Gasteiger charge is -2.42. The Morgan fingerprint density at radius 3 is 2.51 bits per heavy atom. The zero-order chi connectivity index (χ0) is 24.0. The van der Waals surface area contributed by atoms with Gasteiger partial charge in [-0.1, -0.05) is 50.2 Å². The molecule has 176 valence electrons. The van der Waals surface area contributed by atoms with E-state index in [1.54, 1.807) is 23.0 Å². The minimum atomic E-state index is -0.0753. The molecular weight excluding hydrogens is 434 g/mol. The van der Waals surface area contributed by atoms with Crippen LogP contribution in [0.1, 0.15) is 31.5 Å². The van der Waals surface area contributed by atoms with Gasteiger partial charge in [0.15, 0.2) is 0 Å². The Morgan fingerprint density at radius 1 is 0.943 bits per heavy atom. The van der Waals surface area contributed by atoms with Crippen molar-refractivity contribution >= 4 is 5.95 Å². The molecule has 0 saturated heterocycles. The van der Waals surface area contributed by atoms with E-state index in [0.717, 1.165) is 36.1 Å². The molecule has 6 rings (SSSR count). The van der Waals surface area contributed by atoms with Crippen LogP contribution in [0.2, 0.25) is 0 Å². The summed E-state index contributed by atoms with van der Waals surface area (Å²) in [6.45, 7) is 5.13. The first-order valence-corrected chi connectivity index (χ1v) is 12.3. The highest BCUT2D eigenvalue weighted by atomic mass is 16.1. The van der Waals surface area contributed by atoms with Crippen molar-refractivity contribution in [3.8, 4) is 22.5 Å². The monoisotopic (exact) mass is 463 g/mol. The molecule has 4 heterocycles. The molecule has 3 aromatic heterocycles. The fourth-order valence-electron chi connectivity index (χ4n) is 5.51. The molecule has 2 atom stereocenters. The fraction of sp³-hybridized carbons (Fsp3) is 0.310. The summed E-state index contributed by atoms with van der Waals surface area (Å²) in [6, 6.07) is 20.4.